The van der Waals surface area contributed by atoms with Crippen molar-refractivity contribution in [1.82, 2.24) is 4.90 Å². The van der Waals surface area contributed by atoms with E-state index in [-0.39, 0.29) is 32.8 Å². The molecular formula is C19H27NO8. The van der Waals surface area contributed by atoms with Crippen LogP contribution in [0, 0.1) is 5.41 Å². The molecule has 0 aliphatic carbocycles. The molecule has 0 radical (unpaired) electrons. The molecule has 9 nitrogen and oxygen atoms in total. The summed E-state index contributed by atoms with van der Waals surface area (Å²) in [5.41, 5.74) is -1.32. The first-order valence-electron chi connectivity index (χ1n) is 8.36. The summed E-state index contributed by atoms with van der Waals surface area (Å²) in [6.45, 7) is 8.95. The lowest BCUT2D eigenvalue weighted by atomic mass is 9.92. The van der Waals surface area contributed by atoms with Crippen molar-refractivity contribution in [2.45, 2.75) is 6.42 Å². The van der Waals surface area contributed by atoms with Crippen LogP contribution in [0.2, 0.25) is 0 Å². The molecule has 0 spiro atoms. The van der Waals surface area contributed by atoms with Gasteiger partial charge in [0.05, 0.1) is 6.42 Å². The maximum atomic E-state index is 12.0. The molecule has 9 heteroatoms. The minimum Gasteiger partial charge on any atom is -0.465 e. The van der Waals surface area contributed by atoms with Crippen molar-refractivity contribution in [1.29, 1.82) is 0 Å². The number of ether oxygens (including phenoxy) is 4. The minimum atomic E-state index is -1.32. The molecule has 0 atom stereocenters. The fourth-order valence-electron chi connectivity index (χ4n) is 1.72. The number of nitrogens with zero attached hydrogens (tertiary/aromatic N) is 1. The molecular weight excluding hydrogens is 370 g/mol. The van der Waals surface area contributed by atoms with Crippen molar-refractivity contribution in [3.63, 3.8) is 0 Å². The second-order valence-corrected chi connectivity index (χ2v) is 6.15. The van der Waals surface area contributed by atoms with Gasteiger partial charge < -0.3 is 23.8 Å². The van der Waals surface area contributed by atoms with Crippen LogP contribution in [0.5, 0.6) is 0 Å². The molecule has 0 saturated carbocycles. The molecule has 0 heterocycles. The summed E-state index contributed by atoms with van der Waals surface area (Å²) in [5, 5.41) is 0. The van der Waals surface area contributed by atoms with Gasteiger partial charge in [-0.2, -0.15) is 0 Å². The zero-order valence-corrected chi connectivity index (χ0v) is 16.3. The van der Waals surface area contributed by atoms with Gasteiger partial charge in [0.1, 0.15) is 31.8 Å². The Morgan fingerprint density at radius 2 is 1.11 bits per heavy atom. The van der Waals surface area contributed by atoms with Crippen LogP contribution in [0.4, 0.5) is 0 Å². The Labute approximate surface area is 164 Å². The van der Waals surface area contributed by atoms with Gasteiger partial charge in [-0.1, -0.05) is 19.7 Å². The van der Waals surface area contributed by atoms with Gasteiger partial charge in [-0.3, -0.25) is 4.79 Å². The fraction of sp³-hybridized carbons (Fsp3) is 0.474. The van der Waals surface area contributed by atoms with E-state index < -0.39 is 29.3 Å². The Hall–Kier alpha value is -2.94. The number of hydrogen-bond acceptors (Lipinski definition) is 9. The fourth-order valence-corrected chi connectivity index (χ4v) is 1.72. The van der Waals surface area contributed by atoms with Crippen LogP contribution >= 0.6 is 0 Å². The largest absolute Gasteiger partial charge is 0.465 e. The van der Waals surface area contributed by atoms with E-state index in [1.165, 1.54) is 0 Å². The normalized spacial score (nSPS) is 10.5. The first-order chi connectivity index (χ1) is 13.2. The highest BCUT2D eigenvalue weighted by molar-refractivity contribution is 5.82. The Kier molecular flexibility index (Phi) is 11.9. The number of carbonyl (C=O) groups is 4. The number of carbonyl (C=O) groups excluding carboxylic acids is 4. The average molecular weight is 397 g/mol. The zero-order chi connectivity index (χ0) is 21.6. The quantitative estimate of drug-likeness (QED) is 0.237. The van der Waals surface area contributed by atoms with E-state index in [0.29, 0.717) is 6.54 Å². The molecule has 28 heavy (non-hydrogen) atoms. The molecule has 156 valence electrons. The van der Waals surface area contributed by atoms with Gasteiger partial charge in [0.2, 0.25) is 0 Å². The summed E-state index contributed by atoms with van der Waals surface area (Å²) in [6, 6.07) is 0. The lowest BCUT2D eigenvalue weighted by Crippen LogP contribution is -2.43. The Morgan fingerprint density at radius 3 is 1.43 bits per heavy atom. The zero-order valence-electron chi connectivity index (χ0n) is 16.3. The molecule has 0 fully saturated rings. The van der Waals surface area contributed by atoms with Crippen LogP contribution in [-0.4, -0.2) is 75.8 Å². The van der Waals surface area contributed by atoms with Crippen molar-refractivity contribution in [2.24, 2.45) is 5.41 Å². The predicted octanol–water partition coefficient (Wildman–Crippen LogP) is 0.655. The third-order valence-electron chi connectivity index (χ3n) is 3.36. The van der Waals surface area contributed by atoms with Gasteiger partial charge in [-0.15, -0.1) is 0 Å². The van der Waals surface area contributed by atoms with E-state index in [9.17, 15) is 19.2 Å². The van der Waals surface area contributed by atoms with Crippen LogP contribution < -0.4 is 0 Å². The maximum absolute atomic E-state index is 12.0. The Bertz CT molecular complexity index is 537. The first-order valence-corrected chi connectivity index (χ1v) is 8.36. The van der Waals surface area contributed by atoms with Crippen LogP contribution in [0.1, 0.15) is 6.42 Å². The van der Waals surface area contributed by atoms with Gasteiger partial charge in [0.15, 0.2) is 0 Å². The monoisotopic (exact) mass is 397 g/mol. The van der Waals surface area contributed by atoms with Crippen molar-refractivity contribution < 1.29 is 38.1 Å². The van der Waals surface area contributed by atoms with Crippen LogP contribution in [0.3, 0.4) is 0 Å². The van der Waals surface area contributed by atoms with E-state index >= 15 is 0 Å². The summed E-state index contributed by atoms with van der Waals surface area (Å²) in [7, 11) is 3.60. The van der Waals surface area contributed by atoms with E-state index in [0.717, 1.165) is 18.2 Å². The molecule has 0 aromatic heterocycles. The van der Waals surface area contributed by atoms with Crippen molar-refractivity contribution in [2.75, 3.05) is 47.1 Å². The van der Waals surface area contributed by atoms with Crippen molar-refractivity contribution >= 4 is 23.9 Å². The summed E-state index contributed by atoms with van der Waals surface area (Å²) in [5.74, 6) is -2.74. The highest BCUT2D eigenvalue weighted by Crippen LogP contribution is 2.22. The topological polar surface area (TPSA) is 108 Å². The highest BCUT2D eigenvalue weighted by atomic mass is 16.6. The van der Waals surface area contributed by atoms with Crippen LogP contribution in [0.25, 0.3) is 0 Å². The predicted molar refractivity (Wildman–Crippen MR) is 100 cm³/mol. The van der Waals surface area contributed by atoms with Crippen LogP contribution in [0.15, 0.2) is 38.0 Å². The molecule has 0 unspecified atom stereocenters. The van der Waals surface area contributed by atoms with E-state index in [2.05, 4.69) is 19.7 Å². The SMILES string of the molecule is C=CC(=O)OCC(COC(=O)C=C)(COC(=O)C=C)COC(=O)CCN(C)C. The van der Waals surface area contributed by atoms with Crippen molar-refractivity contribution in [3.05, 3.63) is 38.0 Å². The first kappa shape index (κ1) is 25.1. The third-order valence-corrected chi connectivity index (χ3v) is 3.36. The standard InChI is InChI=1S/C19H27NO8/c1-6-15(21)25-11-19(12-26-16(22)7-2,13-27-17(23)8-3)14-28-18(24)9-10-20(4)5/h6-8H,1-3,9-14H2,4-5H3. The molecule has 0 amide bonds. The van der Waals surface area contributed by atoms with Crippen molar-refractivity contribution in [3.8, 4) is 0 Å². The summed E-state index contributed by atoms with van der Waals surface area (Å²) in [6.07, 6.45) is 2.95. The third kappa shape index (κ3) is 10.9. The number of hydrogen-bond donors (Lipinski definition) is 0. The lowest BCUT2D eigenvalue weighted by molar-refractivity contribution is -0.166. The van der Waals surface area contributed by atoms with E-state index in [1.54, 1.807) is 19.0 Å². The second kappa shape index (κ2) is 13.3. The molecule has 0 saturated heterocycles. The maximum Gasteiger partial charge on any atom is 0.330 e. The molecule has 0 aliphatic heterocycles. The van der Waals surface area contributed by atoms with Gasteiger partial charge in [-0.25, -0.2) is 14.4 Å². The molecule has 0 bridgehead atoms. The molecule has 0 N–H and O–H groups in total. The van der Waals surface area contributed by atoms with Gasteiger partial charge in [0, 0.05) is 24.8 Å². The van der Waals surface area contributed by atoms with Gasteiger partial charge in [0.25, 0.3) is 0 Å². The van der Waals surface area contributed by atoms with E-state index in [4.69, 9.17) is 18.9 Å². The molecule has 0 aromatic rings. The second-order valence-electron chi connectivity index (χ2n) is 6.15. The highest BCUT2D eigenvalue weighted by Gasteiger charge is 2.37. The summed E-state index contributed by atoms with van der Waals surface area (Å²) < 4.78 is 20.3. The lowest BCUT2D eigenvalue weighted by Gasteiger charge is -2.31. The number of esters is 4. The summed E-state index contributed by atoms with van der Waals surface area (Å²) >= 11 is 0. The molecule has 0 aromatic carbocycles. The van der Waals surface area contributed by atoms with Crippen LogP contribution in [-0.2, 0) is 38.1 Å². The minimum absolute atomic E-state index is 0.119. The Morgan fingerprint density at radius 1 is 0.750 bits per heavy atom. The average Bonchev–Trinajstić information content (AvgIpc) is 2.69. The Balaban J connectivity index is 5.34. The van der Waals surface area contributed by atoms with E-state index in [1.807, 2.05) is 0 Å². The smallest absolute Gasteiger partial charge is 0.330 e. The summed E-state index contributed by atoms with van der Waals surface area (Å²) in [4.78, 5) is 48.1. The molecule has 0 rings (SSSR count). The number of rotatable bonds is 14. The van der Waals surface area contributed by atoms with Gasteiger partial charge in [-0.05, 0) is 14.1 Å². The molecule has 0 aliphatic rings. The van der Waals surface area contributed by atoms with Gasteiger partial charge >= 0.3 is 23.9 Å².